The number of hydrogen-bond donors (Lipinski definition) is 2. The average Bonchev–Trinajstić information content (AvgIpc) is 2.75. The molecule has 9 nitrogen and oxygen atoms in total. The second kappa shape index (κ2) is 8.62. The van der Waals surface area contributed by atoms with Crippen molar-refractivity contribution in [1.29, 1.82) is 0 Å². The molecule has 0 aromatic heterocycles. The molecule has 3 rings (SSSR count). The number of non-ortho nitro benzene ring substituents is 1. The first-order valence-corrected chi connectivity index (χ1v) is 10.1. The molecule has 0 saturated carbocycles. The average molecular weight is 427 g/mol. The van der Waals surface area contributed by atoms with Crippen LogP contribution in [0, 0.1) is 10.1 Å². The number of anilines is 2. The number of sulfonamides is 1. The number of rotatable bonds is 7. The molecule has 2 N–H and O–H groups in total. The lowest BCUT2D eigenvalue weighted by Crippen LogP contribution is -2.17. The SMILES string of the molecule is COc1ccc(C(=O)Nc2ccccc2NS(=O)(=O)c2cccc([N+](=O)[O-])c2)cc1. The summed E-state index contributed by atoms with van der Waals surface area (Å²) < 4.78 is 32.8. The summed E-state index contributed by atoms with van der Waals surface area (Å²) in [6.07, 6.45) is 0. The molecule has 10 heteroatoms. The van der Waals surface area contributed by atoms with Gasteiger partial charge in [0.2, 0.25) is 0 Å². The van der Waals surface area contributed by atoms with Crippen LogP contribution in [0.4, 0.5) is 17.1 Å². The first-order valence-electron chi connectivity index (χ1n) is 8.62. The number of ether oxygens (including phenoxy) is 1. The van der Waals surface area contributed by atoms with Crippen LogP contribution in [0.3, 0.4) is 0 Å². The van der Waals surface area contributed by atoms with Crippen molar-refractivity contribution in [2.75, 3.05) is 17.1 Å². The van der Waals surface area contributed by atoms with Crippen molar-refractivity contribution in [3.8, 4) is 5.75 Å². The second-order valence-electron chi connectivity index (χ2n) is 6.09. The number of carbonyl (C=O) groups is 1. The minimum absolute atomic E-state index is 0.117. The maximum Gasteiger partial charge on any atom is 0.270 e. The van der Waals surface area contributed by atoms with Crippen molar-refractivity contribution in [2.45, 2.75) is 4.90 Å². The fourth-order valence-electron chi connectivity index (χ4n) is 2.59. The summed E-state index contributed by atoms with van der Waals surface area (Å²) in [5.41, 5.74) is 0.351. The minimum atomic E-state index is -4.12. The van der Waals surface area contributed by atoms with Crippen LogP contribution in [-0.4, -0.2) is 26.4 Å². The molecule has 0 fully saturated rings. The third-order valence-corrected chi connectivity index (χ3v) is 5.47. The summed E-state index contributed by atoms with van der Waals surface area (Å²) >= 11 is 0. The van der Waals surface area contributed by atoms with Crippen LogP contribution < -0.4 is 14.8 Å². The lowest BCUT2D eigenvalue weighted by Gasteiger charge is -2.13. The Hall–Kier alpha value is -3.92. The molecule has 0 spiro atoms. The standard InChI is InChI=1S/C20H17N3O6S/c1-29-16-11-9-14(10-12-16)20(24)21-18-7-2-3-8-19(18)22-30(27,28)17-6-4-5-15(13-17)23(25)26/h2-13,22H,1H3,(H,21,24). The van der Waals surface area contributed by atoms with Crippen molar-refractivity contribution < 1.29 is 22.9 Å². The maximum absolute atomic E-state index is 12.7. The van der Waals surface area contributed by atoms with Crippen molar-refractivity contribution in [3.63, 3.8) is 0 Å². The van der Waals surface area contributed by atoms with Crippen LogP contribution in [0.25, 0.3) is 0 Å². The van der Waals surface area contributed by atoms with Gasteiger partial charge in [-0.25, -0.2) is 8.42 Å². The number of benzene rings is 3. The van der Waals surface area contributed by atoms with E-state index in [4.69, 9.17) is 4.74 Å². The number of nitro benzene ring substituents is 1. The molecule has 30 heavy (non-hydrogen) atoms. The number of methoxy groups -OCH3 is 1. The molecule has 0 bridgehead atoms. The summed E-state index contributed by atoms with van der Waals surface area (Å²) in [4.78, 5) is 22.5. The normalized spacial score (nSPS) is 10.8. The fraction of sp³-hybridized carbons (Fsp3) is 0.0500. The molecule has 3 aromatic carbocycles. The molecule has 0 saturated heterocycles. The summed E-state index contributed by atoms with van der Waals surface area (Å²) in [7, 11) is -2.61. The molecule has 154 valence electrons. The molecule has 3 aromatic rings. The van der Waals surface area contributed by atoms with Crippen molar-refractivity contribution in [2.24, 2.45) is 0 Å². The Morgan fingerprint density at radius 2 is 1.63 bits per heavy atom. The topological polar surface area (TPSA) is 128 Å². The quantitative estimate of drug-likeness (QED) is 0.437. The predicted octanol–water partition coefficient (Wildman–Crippen LogP) is 3.66. The Morgan fingerprint density at radius 3 is 2.27 bits per heavy atom. The highest BCUT2D eigenvalue weighted by Crippen LogP contribution is 2.26. The van der Waals surface area contributed by atoms with E-state index in [-0.39, 0.29) is 22.0 Å². The minimum Gasteiger partial charge on any atom is -0.497 e. The van der Waals surface area contributed by atoms with Gasteiger partial charge in [0.25, 0.3) is 21.6 Å². The van der Waals surface area contributed by atoms with Gasteiger partial charge in [-0.2, -0.15) is 0 Å². The zero-order valence-electron chi connectivity index (χ0n) is 15.7. The van der Waals surface area contributed by atoms with E-state index in [0.717, 1.165) is 6.07 Å². The van der Waals surface area contributed by atoms with E-state index in [1.807, 2.05) is 0 Å². The Morgan fingerprint density at radius 1 is 0.967 bits per heavy atom. The Balaban J connectivity index is 1.85. The van der Waals surface area contributed by atoms with Crippen LogP contribution in [-0.2, 0) is 10.0 Å². The molecule has 0 aliphatic carbocycles. The van der Waals surface area contributed by atoms with E-state index in [1.54, 1.807) is 36.4 Å². The van der Waals surface area contributed by atoms with Crippen molar-refractivity contribution >= 4 is 33.0 Å². The van der Waals surface area contributed by atoms with Gasteiger partial charge in [-0.3, -0.25) is 19.6 Å². The second-order valence-corrected chi connectivity index (χ2v) is 7.77. The first-order chi connectivity index (χ1) is 14.3. The number of nitrogens with zero attached hydrogens (tertiary/aromatic N) is 1. The zero-order chi connectivity index (χ0) is 21.7. The number of hydrogen-bond acceptors (Lipinski definition) is 6. The molecule has 0 aliphatic heterocycles. The lowest BCUT2D eigenvalue weighted by molar-refractivity contribution is -0.385. The van der Waals surface area contributed by atoms with Crippen LogP contribution in [0.1, 0.15) is 10.4 Å². The Labute approximate surface area is 172 Å². The molecule has 0 heterocycles. The Kier molecular flexibility index (Phi) is 5.98. The summed E-state index contributed by atoms with van der Waals surface area (Å²) in [6, 6.07) is 17.3. The molecule has 0 atom stereocenters. The summed E-state index contributed by atoms with van der Waals surface area (Å²) in [5.74, 6) is 0.149. The smallest absolute Gasteiger partial charge is 0.270 e. The molecule has 0 unspecified atom stereocenters. The predicted molar refractivity (Wildman–Crippen MR) is 111 cm³/mol. The van der Waals surface area contributed by atoms with E-state index in [2.05, 4.69) is 10.0 Å². The fourth-order valence-corrected chi connectivity index (χ4v) is 3.70. The van der Waals surface area contributed by atoms with Crippen LogP contribution >= 0.6 is 0 Å². The first kappa shape index (κ1) is 20.8. The van der Waals surface area contributed by atoms with Gasteiger partial charge in [-0.1, -0.05) is 18.2 Å². The van der Waals surface area contributed by atoms with Gasteiger partial charge in [0.1, 0.15) is 5.75 Å². The van der Waals surface area contributed by atoms with Crippen molar-refractivity contribution in [1.82, 2.24) is 0 Å². The molecular formula is C20H17N3O6S. The highest BCUT2D eigenvalue weighted by Gasteiger charge is 2.19. The molecule has 0 radical (unpaired) electrons. The van der Waals surface area contributed by atoms with E-state index in [1.165, 1.54) is 37.4 Å². The zero-order valence-corrected chi connectivity index (χ0v) is 16.5. The van der Waals surface area contributed by atoms with Gasteiger partial charge >= 0.3 is 0 Å². The van der Waals surface area contributed by atoms with Gasteiger partial charge in [0.15, 0.2) is 0 Å². The number of amides is 1. The number of nitro groups is 1. The van der Waals surface area contributed by atoms with Gasteiger partial charge < -0.3 is 10.1 Å². The van der Waals surface area contributed by atoms with Crippen LogP contribution in [0.15, 0.2) is 77.7 Å². The van der Waals surface area contributed by atoms with E-state index in [9.17, 15) is 23.3 Å². The Bertz CT molecular complexity index is 1190. The van der Waals surface area contributed by atoms with Gasteiger partial charge in [-0.05, 0) is 42.5 Å². The maximum atomic E-state index is 12.7. The lowest BCUT2D eigenvalue weighted by atomic mass is 10.2. The number of nitrogens with one attached hydrogen (secondary N) is 2. The highest BCUT2D eigenvalue weighted by molar-refractivity contribution is 7.92. The van der Waals surface area contributed by atoms with E-state index >= 15 is 0 Å². The van der Waals surface area contributed by atoms with Crippen LogP contribution in [0.5, 0.6) is 5.75 Å². The molecule has 0 aliphatic rings. The molecule has 1 amide bonds. The van der Waals surface area contributed by atoms with Gasteiger partial charge in [0.05, 0.1) is 28.3 Å². The number of para-hydroxylation sites is 2. The van der Waals surface area contributed by atoms with Crippen molar-refractivity contribution in [3.05, 3.63) is 88.5 Å². The monoisotopic (exact) mass is 427 g/mol. The van der Waals surface area contributed by atoms with Gasteiger partial charge in [0, 0.05) is 17.7 Å². The summed E-state index contributed by atoms with van der Waals surface area (Å²) in [6.45, 7) is 0. The largest absolute Gasteiger partial charge is 0.497 e. The third-order valence-electron chi connectivity index (χ3n) is 4.11. The third kappa shape index (κ3) is 4.73. The number of carbonyl (C=O) groups excluding carboxylic acids is 1. The van der Waals surface area contributed by atoms with E-state index < -0.39 is 20.9 Å². The summed E-state index contributed by atoms with van der Waals surface area (Å²) in [5, 5.41) is 13.6. The highest BCUT2D eigenvalue weighted by atomic mass is 32.2. The van der Waals surface area contributed by atoms with E-state index in [0.29, 0.717) is 11.3 Å². The van der Waals surface area contributed by atoms with Gasteiger partial charge in [-0.15, -0.1) is 0 Å². The molecular weight excluding hydrogens is 410 g/mol. The van der Waals surface area contributed by atoms with Crippen LogP contribution in [0.2, 0.25) is 0 Å².